The molecule has 2 aromatic heterocycles. The third kappa shape index (κ3) is 3.61. The first-order chi connectivity index (χ1) is 11.2. The number of hydrogen-bond donors (Lipinski definition) is 3. The standard InChI is InChI=1S/C16H23N5O2/c1-11-8-12-9-18-16(19-13-2-4-14(23)5-3-13)20-15(12)21(11)7-6-17-10-22/h8-10,13-14,23H,2-7H2,1H3,(H,17,22)(H,18,19,20)/t13-,14-. The van der Waals surface area contributed by atoms with Crippen LogP contribution in [0.4, 0.5) is 5.95 Å². The molecular weight excluding hydrogens is 294 g/mol. The lowest BCUT2D eigenvalue weighted by Crippen LogP contribution is -2.29. The zero-order chi connectivity index (χ0) is 16.2. The zero-order valence-electron chi connectivity index (χ0n) is 13.3. The molecular formula is C16H23N5O2. The van der Waals surface area contributed by atoms with E-state index in [0.717, 1.165) is 42.4 Å². The molecule has 0 aliphatic heterocycles. The van der Waals surface area contributed by atoms with Crippen molar-refractivity contribution in [2.24, 2.45) is 0 Å². The number of carbonyl (C=O) groups excluding carboxylic acids is 1. The second-order valence-electron chi connectivity index (χ2n) is 6.13. The van der Waals surface area contributed by atoms with Gasteiger partial charge in [-0.15, -0.1) is 0 Å². The minimum absolute atomic E-state index is 0.165. The van der Waals surface area contributed by atoms with Gasteiger partial charge in [-0.3, -0.25) is 4.79 Å². The largest absolute Gasteiger partial charge is 0.393 e. The molecule has 3 rings (SSSR count). The van der Waals surface area contributed by atoms with Crippen LogP contribution in [0.15, 0.2) is 12.3 Å². The van der Waals surface area contributed by atoms with Crippen LogP contribution in [0.2, 0.25) is 0 Å². The average Bonchev–Trinajstić information content (AvgIpc) is 2.85. The summed E-state index contributed by atoms with van der Waals surface area (Å²) in [5.41, 5.74) is 1.98. The Kier molecular flexibility index (Phi) is 4.76. The summed E-state index contributed by atoms with van der Waals surface area (Å²) in [4.78, 5) is 19.5. The summed E-state index contributed by atoms with van der Waals surface area (Å²) in [6.07, 6.45) is 5.90. The van der Waals surface area contributed by atoms with Crippen molar-refractivity contribution in [2.45, 2.75) is 51.3 Å². The Labute approximate surface area is 135 Å². The van der Waals surface area contributed by atoms with Crippen LogP contribution >= 0.6 is 0 Å². The lowest BCUT2D eigenvalue weighted by molar-refractivity contribution is -0.109. The molecule has 3 N–H and O–H groups in total. The highest BCUT2D eigenvalue weighted by Crippen LogP contribution is 2.22. The van der Waals surface area contributed by atoms with Crippen molar-refractivity contribution in [1.82, 2.24) is 19.9 Å². The number of anilines is 1. The fourth-order valence-corrected chi connectivity index (χ4v) is 3.16. The number of aromatic nitrogens is 3. The van der Waals surface area contributed by atoms with Crippen LogP contribution < -0.4 is 10.6 Å². The maximum absolute atomic E-state index is 10.4. The highest BCUT2D eigenvalue weighted by Gasteiger charge is 2.20. The molecule has 1 aliphatic rings. The number of aliphatic hydroxyl groups excluding tert-OH is 1. The number of fused-ring (bicyclic) bond motifs is 1. The van der Waals surface area contributed by atoms with Crippen LogP contribution in [-0.2, 0) is 11.3 Å². The van der Waals surface area contributed by atoms with Gasteiger partial charge in [0.25, 0.3) is 0 Å². The zero-order valence-corrected chi connectivity index (χ0v) is 13.3. The quantitative estimate of drug-likeness (QED) is 0.550. The van der Waals surface area contributed by atoms with E-state index in [1.807, 2.05) is 13.1 Å². The van der Waals surface area contributed by atoms with E-state index in [1.54, 1.807) is 0 Å². The Morgan fingerprint density at radius 1 is 1.39 bits per heavy atom. The molecule has 1 aliphatic carbocycles. The Morgan fingerprint density at radius 2 is 2.17 bits per heavy atom. The average molecular weight is 317 g/mol. The first-order valence-corrected chi connectivity index (χ1v) is 8.12. The maximum Gasteiger partial charge on any atom is 0.224 e. The van der Waals surface area contributed by atoms with E-state index in [2.05, 4.69) is 31.2 Å². The lowest BCUT2D eigenvalue weighted by Gasteiger charge is -2.26. The second-order valence-corrected chi connectivity index (χ2v) is 6.13. The molecule has 0 radical (unpaired) electrons. The van der Waals surface area contributed by atoms with Gasteiger partial charge in [-0.25, -0.2) is 4.98 Å². The van der Waals surface area contributed by atoms with Crippen LogP contribution in [0.1, 0.15) is 31.4 Å². The van der Waals surface area contributed by atoms with Gasteiger partial charge in [0, 0.05) is 36.4 Å². The monoisotopic (exact) mass is 317 g/mol. The van der Waals surface area contributed by atoms with Crippen molar-refractivity contribution < 1.29 is 9.90 Å². The number of aliphatic hydroxyl groups is 1. The molecule has 124 valence electrons. The highest BCUT2D eigenvalue weighted by atomic mass is 16.3. The minimum atomic E-state index is -0.165. The van der Waals surface area contributed by atoms with Crippen molar-refractivity contribution >= 4 is 23.4 Å². The van der Waals surface area contributed by atoms with Gasteiger partial charge in [-0.05, 0) is 38.7 Å². The van der Waals surface area contributed by atoms with E-state index in [1.165, 1.54) is 0 Å². The summed E-state index contributed by atoms with van der Waals surface area (Å²) in [5, 5.41) is 16.6. The van der Waals surface area contributed by atoms with Gasteiger partial charge in [0.15, 0.2) is 0 Å². The molecule has 7 heteroatoms. The van der Waals surface area contributed by atoms with E-state index in [4.69, 9.17) is 0 Å². The molecule has 1 amide bonds. The highest BCUT2D eigenvalue weighted by molar-refractivity contribution is 5.77. The molecule has 2 heterocycles. The number of nitrogens with one attached hydrogen (secondary N) is 2. The van der Waals surface area contributed by atoms with Gasteiger partial charge < -0.3 is 20.3 Å². The summed E-state index contributed by atoms with van der Waals surface area (Å²) >= 11 is 0. The molecule has 0 saturated heterocycles. The molecule has 1 fully saturated rings. The molecule has 7 nitrogen and oxygen atoms in total. The smallest absolute Gasteiger partial charge is 0.224 e. The number of rotatable bonds is 6. The Bertz CT molecular complexity index is 676. The predicted octanol–water partition coefficient (Wildman–Crippen LogP) is 1.20. The van der Waals surface area contributed by atoms with Gasteiger partial charge in [0.05, 0.1) is 6.10 Å². The van der Waals surface area contributed by atoms with E-state index in [0.29, 0.717) is 31.5 Å². The Morgan fingerprint density at radius 3 is 2.91 bits per heavy atom. The maximum atomic E-state index is 10.4. The number of hydrogen-bond acceptors (Lipinski definition) is 5. The van der Waals surface area contributed by atoms with Gasteiger partial charge in [-0.1, -0.05) is 0 Å². The van der Waals surface area contributed by atoms with E-state index in [-0.39, 0.29) is 6.10 Å². The van der Waals surface area contributed by atoms with Crippen molar-refractivity contribution in [2.75, 3.05) is 11.9 Å². The van der Waals surface area contributed by atoms with Crippen LogP contribution in [0.25, 0.3) is 11.0 Å². The number of carbonyl (C=O) groups is 1. The molecule has 0 aromatic carbocycles. The van der Waals surface area contributed by atoms with E-state index in [9.17, 15) is 9.90 Å². The Hall–Kier alpha value is -2.15. The summed E-state index contributed by atoms with van der Waals surface area (Å²) < 4.78 is 2.09. The van der Waals surface area contributed by atoms with E-state index >= 15 is 0 Å². The minimum Gasteiger partial charge on any atom is -0.393 e. The lowest BCUT2D eigenvalue weighted by atomic mass is 9.93. The molecule has 23 heavy (non-hydrogen) atoms. The first kappa shape index (κ1) is 15.7. The fraction of sp³-hybridized carbons (Fsp3) is 0.562. The van der Waals surface area contributed by atoms with Crippen LogP contribution in [0.3, 0.4) is 0 Å². The SMILES string of the molecule is Cc1cc2cnc(N[C@H]3CC[C@H](O)CC3)nc2n1CCNC=O. The third-order valence-corrected chi connectivity index (χ3v) is 4.43. The van der Waals surface area contributed by atoms with Gasteiger partial charge in [0.1, 0.15) is 5.65 Å². The molecule has 0 unspecified atom stereocenters. The Balaban J connectivity index is 1.77. The van der Waals surface area contributed by atoms with Crippen molar-refractivity contribution in [1.29, 1.82) is 0 Å². The molecule has 0 bridgehead atoms. The van der Waals surface area contributed by atoms with Crippen LogP contribution in [-0.4, -0.2) is 44.7 Å². The third-order valence-electron chi connectivity index (χ3n) is 4.43. The van der Waals surface area contributed by atoms with Gasteiger partial charge >= 0.3 is 0 Å². The summed E-state index contributed by atoms with van der Waals surface area (Å²) in [6, 6.07) is 2.37. The number of nitrogens with zero attached hydrogens (tertiary/aromatic N) is 3. The normalized spacial score (nSPS) is 21.3. The van der Waals surface area contributed by atoms with Gasteiger partial charge in [-0.2, -0.15) is 4.98 Å². The predicted molar refractivity (Wildman–Crippen MR) is 88.2 cm³/mol. The second kappa shape index (κ2) is 6.95. The number of amides is 1. The summed E-state index contributed by atoms with van der Waals surface area (Å²) in [6.45, 7) is 3.28. The van der Waals surface area contributed by atoms with Gasteiger partial charge in [0.2, 0.25) is 12.4 Å². The topological polar surface area (TPSA) is 92.1 Å². The van der Waals surface area contributed by atoms with E-state index < -0.39 is 0 Å². The molecule has 0 atom stereocenters. The summed E-state index contributed by atoms with van der Waals surface area (Å²) in [7, 11) is 0. The molecule has 1 saturated carbocycles. The fourth-order valence-electron chi connectivity index (χ4n) is 3.16. The van der Waals surface area contributed by atoms with Crippen molar-refractivity contribution in [3.8, 4) is 0 Å². The first-order valence-electron chi connectivity index (χ1n) is 8.12. The molecule has 0 spiro atoms. The molecule has 2 aromatic rings. The summed E-state index contributed by atoms with van der Waals surface area (Å²) in [5.74, 6) is 0.626. The van der Waals surface area contributed by atoms with Crippen LogP contribution in [0.5, 0.6) is 0 Å². The van der Waals surface area contributed by atoms with Crippen LogP contribution in [0, 0.1) is 6.92 Å². The van der Waals surface area contributed by atoms with Crippen molar-refractivity contribution in [3.05, 3.63) is 18.0 Å². The van der Waals surface area contributed by atoms with Crippen molar-refractivity contribution in [3.63, 3.8) is 0 Å². The number of aryl methyl sites for hydroxylation is 1.